The number of nitrogens with one attached hydrogen (secondary N) is 1. The lowest BCUT2D eigenvalue weighted by molar-refractivity contribution is -0.117. The highest BCUT2D eigenvalue weighted by Gasteiger charge is 2.40. The Bertz CT molecular complexity index is 382. The lowest BCUT2D eigenvalue weighted by atomic mass is 10.2. The summed E-state index contributed by atoms with van der Waals surface area (Å²) < 4.78 is 54.1. The minimum atomic E-state index is -4.03. The smallest absolute Gasteiger partial charge is 0.324 e. The maximum absolute atomic E-state index is 12.6. The van der Waals surface area contributed by atoms with Gasteiger partial charge in [-0.05, 0) is 30.7 Å². The van der Waals surface area contributed by atoms with Crippen molar-refractivity contribution in [2.75, 3.05) is 19.0 Å². The van der Waals surface area contributed by atoms with E-state index in [0.29, 0.717) is 11.4 Å². The summed E-state index contributed by atoms with van der Waals surface area (Å²) in [5.41, 5.74) is 1.08. The fraction of sp³-hybridized carbons (Fsp3) is 0.455. The van der Waals surface area contributed by atoms with Gasteiger partial charge in [0, 0.05) is 5.69 Å². The summed E-state index contributed by atoms with van der Waals surface area (Å²) >= 11 is 0. The van der Waals surface area contributed by atoms with Crippen LogP contribution in [0.1, 0.15) is 5.56 Å². The summed E-state index contributed by atoms with van der Waals surface area (Å²) in [5.74, 6) is -3.43. The summed E-state index contributed by atoms with van der Waals surface area (Å²) in [6, 6.07) is 4.63. The molecule has 0 fully saturated rings. The summed E-state index contributed by atoms with van der Waals surface area (Å²) in [6.07, 6.45) is -3.67. The molecule has 0 heterocycles. The third-order valence-electron chi connectivity index (χ3n) is 2.24. The Morgan fingerprint density at radius 2 is 2.00 bits per heavy atom. The van der Waals surface area contributed by atoms with E-state index in [0.717, 1.165) is 5.56 Å². The molecule has 0 radical (unpaired) electrons. The van der Waals surface area contributed by atoms with Crippen molar-refractivity contribution in [3.63, 3.8) is 0 Å². The van der Waals surface area contributed by atoms with E-state index >= 15 is 0 Å². The molecule has 0 aliphatic heterocycles. The maximum atomic E-state index is 12.6. The second kappa shape index (κ2) is 5.25. The van der Waals surface area contributed by atoms with Crippen LogP contribution in [0, 0.1) is 6.92 Å². The predicted molar refractivity (Wildman–Crippen MR) is 57.2 cm³/mol. The number of hydrogen-bond donors (Lipinski definition) is 1. The molecule has 1 aromatic rings. The van der Waals surface area contributed by atoms with Gasteiger partial charge >= 0.3 is 12.3 Å². The van der Waals surface area contributed by atoms with Crippen LogP contribution < -0.4 is 10.1 Å². The summed E-state index contributed by atoms with van der Waals surface area (Å²) in [6.45, 7) is 0.631. The van der Waals surface area contributed by atoms with Crippen LogP contribution in [0.4, 0.5) is 23.2 Å². The van der Waals surface area contributed by atoms with E-state index in [2.05, 4.69) is 5.32 Å². The molecule has 0 spiro atoms. The zero-order chi connectivity index (χ0) is 13.1. The molecule has 0 aromatic heterocycles. The number of hydrogen-bond acceptors (Lipinski definition) is 2. The van der Waals surface area contributed by atoms with Gasteiger partial charge in [-0.15, -0.1) is 0 Å². The first-order chi connectivity index (χ1) is 7.86. The second-order valence-electron chi connectivity index (χ2n) is 3.60. The Balaban J connectivity index is 2.67. The first-order valence-corrected chi connectivity index (χ1v) is 4.91. The van der Waals surface area contributed by atoms with Crippen LogP contribution in [0.25, 0.3) is 0 Å². The molecule has 6 heteroatoms. The van der Waals surface area contributed by atoms with Gasteiger partial charge in [-0.2, -0.15) is 8.78 Å². The molecule has 0 aliphatic carbocycles. The monoisotopic (exact) mass is 251 g/mol. The van der Waals surface area contributed by atoms with Gasteiger partial charge in [-0.25, -0.2) is 8.78 Å². The van der Waals surface area contributed by atoms with Crippen LogP contribution in [0.2, 0.25) is 0 Å². The van der Waals surface area contributed by atoms with Gasteiger partial charge in [0.05, 0.1) is 13.7 Å². The van der Waals surface area contributed by atoms with E-state index in [1.165, 1.54) is 13.2 Å². The fourth-order valence-corrected chi connectivity index (χ4v) is 1.29. The molecule has 0 bridgehead atoms. The molecular weight excluding hydrogens is 238 g/mol. The van der Waals surface area contributed by atoms with E-state index in [-0.39, 0.29) is 0 Å². The first kappa shape index (κ1) is 13.6. The number of alkyl halides is 4. The van der Waals surface area contributed by atoms with E-state index < -0.39 is 18.9 Å². The van der Waals surface area contributed by atoms with Crippen molar-refractivity contribution >= 4 is 5.69 Å². The Kier molecular flexibility index (Phi) is 4.20. The Labute approximate surface area is 96.6 Å². The normalized spacial score (nSPS) is 11.7. The lowest BCUT2D eigenvalue weighted by Gasteiger charge is -2.17. The van der Waals surface area contributed by atoms with Crippen LogP contribution in [0.15, 0.2) is 18.2 Å². The van der Waals surface area contributed by atoms with E-state index in [4.69, 9.17) is 4.74 Å². The molecule has 1 rings (SSSR count). The molecule has 96 valence electrons. The third-order valence-corrected chi connectivity index (χ3v) is 2.24. The lowest BCUT2D eigenvalue weighted by Crippen LogP contribution is -2.34. The highest BCUT2D eigenvalue weighted by atomic mass is 19.3. The Morgan fingerprint density at radius 3 is 2.47 bits per heavy atom. The summed E-state index contributed by atoms with van der Waals surface area (Å²) in [7, 11) is 1.49. The van der Waals surface area contributed by atoms with Crippen molar-refractivity contribution in [1.82, 2.24) is 0 Å². The van der Waals surface area contributed by atoms with Gasteiger partial charge < -0.3 is 10.1 Å². The molecule has 0 aliphatic rings. The minimum absolute atomic E-state index is 0.351. The average Bonchev–Trinajstić information content (AvgIpc) is 2.26. The largest absolute Gasteiger partial charge is 0.496 e. The first-order valence-electron chi connectivity index (χ1n) is 4.91. The molecule has 0 unspecified atom stereocenters. The van der Waals surface area contributed by atoms with Crippen molar-refractivity contribution in [1.29, 1.82) is 0 Å². The molecule has 1 N–H and O–H groups in total. The number of anilines is 1. The van der Waals surface area contributed by atoms with Crippen LogP contribution in [0.3, 0.4) is 0 Å². The van der Waals surface area contributed by atoms with Gasteiger partial charge in [-0.1, -0.05) is 0 Å². The zero-order valence-corrected chi connectivity index (χ0v) is 9.44. The van der Waals surface area contributed by atoms with Crippen LogP contribution in [-0.4, -0.2) is 26.0 Å². The van der Waals surface area contributed by atoms with E-state index in [1.807, 2.05) is 0 Å². The number of rotatable bonds is 5. The maximum Gasteiger partial charge on any atom is 0.324 e. The quantitative estimate of drug-likeness (QED) is 0.810. The predicted octanol–water partition coefficient (Wildman–Crippen LogP) is 3.32. The molecule has 0 amide bonds. The number of methoxy groups -OCH3 is 1. The van der Waals surface area contributed by atoms with Gasteiger partial charge in [0.1, 0.15) is 5.75 Å². The topological polar surface area (TPSA) is 21.3 Å². The van der Waals surface area contributed by atoms with Crippen molar-refractivity contribution in [3.8, 4) is 5.75 Å². The molecular formula is C11H13F4NO. The molecule has 2 nitrogen and oxygen atoms in total. The van der Waals surface area contributed by atoms with Gasteiger partial charge in [0.25, 0.3) is 0 Å². The summed E-state index contributed by atoms with van der Waals surface area (Å²) in [5, 5.41) is 2.27. The minimum Gasteiger partial charge on any atom is -0.496 e. The summed E-state index contributed by atoms with van der Waals surface area (Å²) in [4.78, 5) is 0. The molecule has 0 saturated heterocycles. The standard InChI is InChI=1S/C11H13F4NO/c1-7-5-8(3-4-9(7)17-2)16-6-11(14,15)10(12)13/h3-5,10,16H,6H2,1-2H3. The van der Waals surface area contributed by atoms with Crippen molar-refractivity contribution in [2.24, 2.45) is 0 Å². The average molecular weight is 251 g/mol. The van der Waals surface area contributed by atoms with Crippen LogP contribution in [0.5, 0.6) is 5.75 Å². The van der Waals surface area contributed by atoms with Gasteiger partial charge in [0.15, 0.2) is 0 Å². The SMILES string of the molecule is COc1ccc(NCC(F)(F)C(F)F)cc1C. The van der Waals surface area contributed by atoms with Crippen LogP contribution >= 0.6 is 0 Å². The highest BCUT2D eigenvalue weighted by Crippen LogP contribution is 2.25. The van der Waals surface area contributed by atoms with Crippen molar-refractivity contribution < 1.29 is 22.3 Å². The third kappa shape index (κ3) is 3.51. The van der Waals surface area contributed by atoms with Crippen LogP contribution in [-0.2, 0) is 0 Å². The van der Waals surface area contributed by atoms with Gasteiger partial charge in [-0.3, -0.25) is 0 Å². The Morgan fingerprint density at radius 1 is 1.35 bits per heavy atom. The van der Waals surface area contributed by atoms with Crippen molar-refractivity contribution in [3.05, 3.63) is 23.8 Å². The fourth-order valence-electron chi connectivity index (χ4n) is 1.29. The Hall–Kier alpha value is -1.46. The second-order valence-corrected chi connectivity index (χ2v) is 3.60. The van der Waals surface area contributed by atoms with E-state index in [9.17, 15) is 17.6 Å². The highest BCUT2D eigenvalue weighted by molar-refractivity contribution is 5.50. The van der Waals surface area contributed by atoms with E-state index in [1.54, 1.807) is 19.1 Å². The number of aryl methyl sites for hydroxylation is 1. The number of benzene rings is 1. The molecule has 0 saturated carbocycles. The number of ether oxygens (including phenoxy) is 1. The zero-order valence-electron chi connectivity index (χ0n) is 9.44. The molecule has 17 heavy (non-hydrogen) atoms. The van der Waals surface area contributed by atoms with Gasteiger partial charge in [0.2, 0.25) is 0 Å². The number of halogens is 4. The molecule has 0 atom stereocenters. The molecule has 1 aromatic carbocycles. The van der Waals surface area contributed by atoms with Crippen molar-refractivity contribution in [2.45, 2.75) is 19.3 Å².